The van der Waals surface area contributed by atoms with E-state index in [2.05, 4.69) is 226 Å². The predicted molar refractivity (Wildman–Crippen MR) is 295 cm³/mol. The van der Waals surface area contributed by atoms with Crippen LogP contribution in [0.1, 0.15) is 0 Å². The molecule has 0 saturated heterocycles. The minimum atomic E-state index is 0.886. The molecular formula is C66H39N3O2. The Hall–Kier alpha value is -9.58. The lowest BCUT2D eigenvalue weighted by Gasteiger charge is -2.10. The van der Waals surface area contributed by atoms with E-state index in [9.17, 15) is 0 Å². The highest BCUT2D eigenvalue weighted by Gasteiger charge is 2.20. The number of aromatic nitrogens is 3. The van der Waals surface area contributed by atoms with Gasteiger partial charge in [0.15, 0.2) is 0 Å². The average Bonchev–Trinajstić information content (AvgIpc) is 4.24. The highest BCUT2D eigenvalue weighted by atomic mass is 16.3. The number of benzene rings is 11. The number of nitrogens with zero attached hydrogens (tertiary/aromatic N) is 3. The van der Waals surface area contributed by atoms with Crippen molar-refractivity contribution in [2.45, 2.75) is 0 Å². The second-order valence-corrected chi connectivity index (χ2v) is 18.9. The van der Waals surface area contributed by atoms with Crippen molar-refractivity contribution < 1.29 is 8.83 Å². The van der Waals surface area contributed by atoms with Crippen LogP contribution in [-0.4, -0.2) is 13.7 Å². The molecule has 0 radical (unpaired) electrons. The molecule has 0 saturated carbocycles. The average molecular weight is 906 g/mol. The van der Waals surface area contributed by atoms with Gasteiger partial charge in [0.1, 0.15) is 22.3 Å². The molecule has 5 heteroatoms. The third-order valence-electron chi connectivity index (χ3n) is 15.0. The molecular weight excluding hydrogens is 867 g/mol. The smallest absolute Gasteiger partial charge is 0.135 e. The van der Waals surface area contributed by atoms with Crippen molar-refractivity contribution in [3.05, 3.63) is 237 Å². The number of hydrogen-bond donors (Lipinski definition) is 0. The molecule has 0 spiro atoms. The van der Waals surface area contributed by atoms with E-state index in [4.69, 9.17) is 8.83 Å². The van der Waals surface area contributed by atoms with Crippen molar-refractivity contribution in [1.82, 2.24) is 13.7 Å². The Morgan fingerprint density at radius 3 is 0.958 bits per heavy atom. The topological polar surface area (TPSA) is 41.1 Å². The van der Waals surface area contributed by atoms with Crippen LogP contribution >= 0.6 is 0 Å². The molecule has 5 nitrogen and oxygen atoms in total. The number of para-hydroxylation sites is 5. The van der Waals surface area contributed by atoms with Crippen LogP contribution in [-0.2, 0) is 0 Å². The second kappa shape index (κ2) is 14.5. The van der Waals surface area contributed by atoms with Gasteiger partial charge in [-0.15, -0.1) is 0 Å². The van der Waals surface area contributed by atoms with Gasteiger partial charge in [-0.2, -0.15) is 0 Å². The first-order valence-corrected chi connectivity index (χ1v) is 24.2. The molecule has 5 heterocycles. The van der Waals surface area contributed by atoms with Gasteiger partial charge in [0.25, 0.3) is 0 Å². The Morgan fingerprint density at radius 1 is 0.197 bits per heavy atom. The van der Waals surface area contributed by atoms with E-state index in [1.807, 2.05) is 24.3 Å². The van der Waals surface area contributed by atoms with Crippen LogP contribution in [0.15, 0.2) is 245 Å². The zero-order valence-corrected chi connectivity index (χ0v) is 38.2. The summed E-state index contributed by atoms with van der Waals surface area (Å²) in [6.07, 6.45) is 0. The van der Waals surface area contributed by atoms with Crippen LogP contribution in [0.3, 0.4) is 0 Å². The van der Waals surface area contributed by atoms with Crippen molar-refractivity contribution in [3.63, 3.8) is 0 Å². The summed E-state index contributed by atoms with van der Waals surface area (Å²) < 4.78 is 19.7. The summed E-state index contributed by atoms with van der Waals surface area (Å²) in [4.78, 5) is 0. The largest absolute Gasteiger partial charge is 0.456 e. The SMILES string of the molecule is c1ccc(-n2c3ccccc3c3cc(-c4ccc5c(c4)c4cc(-c6ccc7c(c6)c6ccccc6n7-c6ccc7oc8ccccc8c7c6)ccc4n5-c4ccc5oc6ccccc6c5c4)ccc32)cc1. The molecule has 0 N–H and O–H groups in total. The highest BCUT2D eigenvalue weighted by molar-refractivity contribution is 6.16. The van der Waals surface area contributed by atoms with Gasteiger partial charge < -0.3 is 22.5 Å². The van der Waals surface area contributed by atoms with Crippen LogP contribution in [0.4, 0.5) is 0 Å². The van der Waals surface area contributed by atoms with E-state index >= 15 is 0 Å². The Morgan fingerprint density at radius 2 is 0.521 bits per heavy atom. The Kier molecular flexibility index (Phi) is 7.82. The van der Waals surface area contributed by atoms with E-state index in [1.54, 1.807) is 0 Å². The second-order valence-electron chi connectivity index (χ2n) is 18.9. The lowest BCUT2D eigenvalue weighted by molar-refractivity contribution is 0.668. The maximum atomic E-state index is 6.31. The van der Waals surface area contributed by atoms with Crippen LogP contribution in [0.25, 0.3) is 149 Å². The lowest BCUT2D eigenvalue weighted by atomic mass is 9.98. The van der Waals surface area contributed by atoms with Crippen molar-refractivity contribution in [2.24, 2.45) is 0 Å². The van der Waals surface area contributed by atoms with Crippen LogP contribution in [0.5, 0.6) is 0 Å². The van der Waals surface area contributed by atoms with Crippen molar-refractivity contribution in [1.29, 1.82) is 0 Å². The third kappa shape index (κ3) is 5.57. The first-order chi connectivity index (χ1) is 35.2. The minimum absolute atomic E-state index is 0.886. The number of hydrogen-bond acceptors (Lipinski definition) is 2. The first kappa shape index (κ1) is 38.4. The van der Waals surface area contributed by atoms with E-state index in [0.717, 1.165) is 77.5 Å². The molecule has 71 heavy (non-hydrogen) atoms. The molecule has 5 aromatic heterocycles. The summed E-state index contributed by atoms with van der Waals surface area (Å²) in [6, 6.07) is 85.8. The van der Waals surface area contributed by atoms with Gasteiger partial charge in [0, 0.05) is 70.9 Å². The zero-order chi connectivity index (χ0) is 46.3. The number of fused-ring (bicyclic) bond motifs is 15. The van der Waals surface area contributed by atoms with Crippen molar-refractivity contribution in [3.8, 4) is 39.3 Å². The first-order valence-electron chi connectivity index (χ1n) is 24.2. The summed E-state index contributed by atoms with van der Waals surface area (Å²) in [5.74, 6) is 0. The van der Waals surface area contributed by atoms with Gasteiger partial charge in [0.2, 0.25) is 0 Å². The number of furan rings is 2. The Balaban J connectivity index is 0.891. The van der Waals surface area contributed by atoms with Crippen LogP contribution in [0.2, 0.25) is 0 Å². The van der Waals surface area contributed by atoms with Gasteiger partial charge in [-0.25, -0.2) is 0 Å². The fraction of sp³-hybridized carbons (Fsp3) is 0. The van der Waals surface area contributed by atoms with Crippen LogP contribution in [0, 0.1) is 0 Å². The van der Waals surface area contributed by atoms with Gasteiger partial charge in [-0.1, -0.05) is 115 Å². The molecule has 0 amide bonds. The predicted octanol–water partition coefficient (Wildman–Crippen LogP) is 18.1. The molecule has 330 valence electrons. The Bertz CT molecular complexity index is 4880. The van der Waals surface area contributed by atoms with Crippen molar-refractivity contribution >= 4 is 109 Å². The summed E-state index contributed by atoms with van der Waals surface area (Å²) in [7, 11) is 0. The molecule has 11 aromatic carbocycles. The molecule has 0 fully saturated rings. The third-order valence-corrected chi connectivity index (χ3v) is 15.0. The van der Waals surface area contributed by atoms with E-state index in [-0.39, 0.29) is 0 Å². The molecule has 0 aliphatic rings. The van der Waals surface area contributed by atoms with Crippen molar-refractivity contribution in [2.75, 3.05) is 0 Å². The highest BCUT2D eigenvalue weighted by Crippen LogP contribution is 2.42. The summed E-state index contributed by atoms with van der Waals surface area (Å²) >= 11 is 0. The minimum Gasteiger partial charge on any atom is -0.456 e. The maximum absolute atomic E-state index is 6.31. The zero-order valence-electron chi connectivity index (χ0n) is 38.2. The van der Waals surface area contributed by atoms with Gasteiger partial charge in [0.05, 0.1) is 33.1 Å². The lowest BCUT2D eigenvalue weighted by Crippen LogP contribution is -1.94. The molecule has 0 aliphatic heterocycles. The summed E-state index contributed by atoms with van der Waals surface area (Å²) in [6.45, 7) is 0. The Labute approximate surface area is 405 Å². The fourth-order valence-corrected chi connectivity index (χ4v) is 11.8. The maximum Gasteiger partial charge on any atom is 0.135 e. The van der Waals surface area contributed by atoms with Gasteiger partial charge in [-0.05, 0) is 144 Å². The van der Waals surface area contributed by atoms with E-state index in [0.29, 0.717) is 0 Å². The molecule has 0 unspecified atom stereocenters. The van der Waals surface area contributed by atoms with E-state index < -0.39 is 0 Å². The summed E-state index contributed by atoms with van der Waals surface area (Å²) in [5.41, 5.74) is 18.6. The molecule has 0 aliphatic carbocycles. The summed E-state index contributed by atoms with van der Waals surface area (Å²) in [5, 5.41) is 11.8. The van der Waals surface area contributed by atoms with Crippen LogP contribution < -0.4 is 0 Å². The normalized spacial score (nSPS) is 12.2. The molecule has 16 aromatic rings. The van der Waals surface area contributed by atoms with E-state index in [1.165, 1.54) is 71.1 Å². The number of rotatable bonds is 5. The monoisotopic (exact) mass is 905 g/mol. The van der Waals surface area contributed by atoms with Gasteiger partial charge in [-0.3, -0.25) is 0 Å². The molecule has 16 rings (SSSR count). The quantitative estimate of drug-likeness (QED) is 0.173. The molecule has 0 bridgehead atoms. The standard InChI is InChI=1S/C66H39N3O2/c1-2-12-44(13-3-1)67-57-18-8-4-14-47(57)51-34-40(22-28-59(51)67)42-24-30-61-53(36-42)54-37-43(25-31-62(54)69(61)46-27-33-66-56(39-46)50-17-7-11-21-64(50)71-66)41-23-29-60-52(35-41)48-15-5-9-19-58(48)68(60)45-26-32-65-55(38-45)49-16-6-10-20-63(49)70-65/h1-39H. The van der Waals surface area contributed by atoms with Gasteiger partial charge >= 0.3 is 0 Å². The fourth-order valence-electron chi connectivity index (χ4n) is 11.8. The molecule has 0 atom stereocenters.